The molecule has 0 aliphatic heterocycles. The molecule has 1 saturated carbocycles. The van der Waals surface area contributed by atoms with Crippen LogP contribution in [-0.2, 0) is 11.2 Å². The van der Waals surface area contributed by atoms with Crippen LogP contribution in [-0.4, -0.2) is 22.5 Å². The van der Waals surface area contributed by atoms with E-state index in [1.807, 2.05) is 24.4 Å². The van der Waals surface area contributed by atoms with Gasteiger partial charge >= 0.3 is 0 Å². The van der Waals surface area contributed by atoms with Gasteiger partial charge in [-0.15, -0.1) is 0 Å². The monoisotopic (exact) mass is 285 g/mol. The lowest BCUT2D eigenvalue weighted by Gasteiger charge is -2.27. The number of para-hydroxylation sites is 1. The van der Waals surface area contributed by atoms with E-state index in [1.54, 1.807) is 0 Å². The molecule has 1 atom stereocenters. The maximum atomic E-state index is 12.3. The molecular weight excluding hydrogens is 262 g/mol. The number of nitrogens with two attached hydrogens (primary N) is 1. The quantitative estimate of drug-likeness (QED) is 0.789. The van der Waals surface area contributed by atoms with E-state index in [1.165, 1.54) is 12.8 Å². The van der Waals surface area contributed by atoms with Gasteiger partial charge in [-0.2, -0.15) is 0 Å². The van der Waals surface area contributed by atoms with E-state index < -0.39 is 6.04 Å². The average molecular weight is 285 g/mol. The third-order valence-electron chi connectivity index (χ3n) is 4.49. The second-order valence-electron chi connectivity index (χ2n) is 6.66. The molecule has 4 N–H and O–H groups in total. The Morgan fingerprint density at radius 2 is 2.14 bits per heavy atom. The molecule has 0 bridgehead atoms. The van der Waals surface area contributed by atoms with E-state index in [0.29, 0.717) is 12.3 Å². The Labute approximate surface area is 125 Å². The van der Waals surface area contributed by atoms with Crippen molar-refractivity contribution in [3.8, 4) is 0 Å². The SMILES string of the molecule is CC(C)(NC(=O)[C@@H](N)Cc1c[nH]c2ccccc12)C1CC1. The first-order chi connectivity index (χ1) is 9.97. The third-order valence-corrected chi connectivity index (χ3v) is 4.49. The summed E-state index contributed by atoms with van der Waals surface area (Å²) in [6.07, 6.45) is 4.90. The molecule has 1 heterocycles. The summed E-state index contributed by atoms with van der Waals surface area (Å²) in [5, 5.41) is 4.25. The normalized spacial score (nSPS) is 16.9. The molecule has 1 amide bonds. The highest BCUT2D eigenvalue weighted by molar-refractivity contribution is 5.86. The first-order valence-corrected chi connectivity index (χ1v) is 7.60. The predicted molar refractivity (Wildman–Crippen MR) is 84.9 cm³/mol. The van der Waals surface area contributed by atoms with Gasteiger partial charge in [-0.3, -0.25) is 4.79 Å². The zero-order valence-corrected chi connectivity index (χ0v) is 12.6. The standard InChI is InChI=1S/C17H23N3O/c1-17(2,12-7-8-12)20-16(21)14(18)9-11-10-19-15-6-4-3-5-13(11)15/h3-6,10,12,14,19H,7-9,18H2,1-2H3,(H,20,21)/t14-/m0/s1. The fourth-order valence-corrected chi connectivity index (χ4v) is 2.95. The van der Waals surface area contributed by atoms with Crippen molar-refractivity contribution in [2.75, 3.05) is 0 Å². The van der Waals surface area contributed by atoms with E-state index >= 15 is 0 Å². The van der Waals surface area contributed by atoms with E-state index in [-0.39, 0.29) is 11.4 Å². The molecular formula is C17H23N3O. The molecule has 2 aromatic rings. The van der Waals surface area contributed by atoms with Gasteiger partial charge in [0.2, 0.25) is 5.91 Å². The zero-order valence-electron chi connectivity index (χ0n) is 12.6. The zero-order chi connectivity index (χ0) is 15.0. The topological polar surface area (TPSA) is 70.9 Å². The summed E-state index contributed by atoms with van der Waals surface area (Å²) in [6.45, 7) is 4.17. The summed E-state index contributed by atoms with van der Waals surface area (Å²) in [4.78, 5) is 15.5. The van der Waals surface area contributed by atoms with E-state index in [4.69, 9.17) is 5.73 Å². The van der Waals surface area contributed by atoms with Crippen molar-refractivity contribution in [3.05, 3.63) is 36.0 Å². The van der Waals surface area contributed by atoms with Crippen LogP contribution in [0, 0.1) is 5.92 Å². The molecule has 0 spiro atoms. The predicted octanol–water partition coefficient (Wildman–Crippen LogP) is 2.34. The Kier molecular flexibility index (Phi) is 3.49. The number of aromatic nitrogens is 1. The lowest BCUT2D eigenvalue weighted by molar-refractivity contribution is -0.124. The molecule has 1 aromatic carbocycles. The molecule has 0 radical (unpaired) electrons. The maximum Gasteiger partial charge on any atom is 0.237 e. The summed E-state index contributed by atoms with van der Waals surface area (Å²) in [7, 11) is 0. The highest BCUT2D eigenvalue weighted by Gasteiger charge is 2.39. The molecule has 21 heavy (non-hydrogen) atoms. The maximum absolute atomic E-state index is 12.3. The molecule has 4 heteroatoms. The van der Waals surface area contributed by atoms with Crippen LogP contribution in [0.25, 0.3) is 10.9 Å². The van der Waals surface area contributed by atoms with Crippen LogP contribution in [0.4, 0.5) is 0 Å². The second-order valence-corrected chi connectivity index (χ2v) is 6.66. The molecule has 4 nitrogen and oxygen atoms in total. The molecule has 1 aliphatic carbocycles. The van der Waals surface area contributed by atoms with E-state index in [2.05, 4.69) is 30.2 Å². The van der Waals surface area contributed by atoms with Crippen LogP contribution in [0.5, 0.6) is 0 Å². The Bertz CT molecular complexity index is 655. The number of amides is 1. The average Bonchev–Trinajstić information content (AvgIpc) is 3.23. The first-order valence-electron chi connectivity index (χ1n) is 7.60. The number of carbonyl (C=O) groups excluding carboxylic acids is 1. The van der Waals surface area contributed by atoms with E-state index in [9.17, 15) is 4.79 Å². The van der Waals surface area contributed by atoms with Crippen molar-refractivity contribution in [1.82, 2.24) is 10.3 Å². The third kappa shape index (κ3) is 2.95. The molecule has 0 saturated heterocycles. The number of carbonyl (C=O) groups is 1. The van der Waals surface area contributed by atoms with Crippen LogP contribution in [0.1, 0.15) is 32.3 Å². The van der Waals surface area contributed by atoms with Gasteiger partial charge in [0.25, 0.3) is 0 Å². The molecule has 1 aliphatic rings. The van der Waals surface area contributed by atoms with Crippen molar-refractivity contribution in [2.45, 2.75) is 44.7 Å². The van der Waals surface area contributed by atoms with Crippen LogP contribution < -0.4 is 11.1 Å². The van der Waals surface area contributed by atoms with Gasteiger partial charge in [0, 0.05) is 22.6 Å². The van der Waals surface area contributed by atoms with Gasteiger partial charge in [0.1, 0.15) is 0 Å². The van der Waals surface area contributed by atoms with Crippen molar-refractivity contribution >= 4 is 16.8 Å². The number of nitrogens with one attached hydrogen (secondary N) is 2. The lowest BCUT2D eigenvalue weighted by atomic mass is 9.97. The summed E-state index contributed by atoms with van der Waals surface area (Å²) in [6, 6.07) is 7.57. The van der Waals surface area contributed by atoms with Crippen molar-refractivity contribution in [3.63, 3.8) is 0 Å². The smallest absolute Gasteiger partial charge is 0.237 e. The lowest BCUT2D eigenvalue weighted by Crippen LogP contribution is -2.52. The van der Waals surface area contributed by atoms with Crippen molar-refractivity contribution < 1.29 is 4.79 Å². The minimum absolute atomic E-state index is 0.0582. The number of rotatable bonds is 5. The van der Waals surface area contributed by atoms with Crippen LogP contribution in [0.15, 0.2) is 30.5 Å². The van der Waals surface area contributed by atoms with Gasteiger partial charge in [0.05, 0.1) is 6.04 Å². The molecule has 1 fully saturated rings. The van der Waals surface area contributed by atoms with E-state index in [0.717, 1.165) is 16.5 Å². The number of aromatic amines is 1. The fourth-order valence-electron chi connectivity index (χ4n) is 2.95. The highest BCUT2D eigenvalue weighted by atomic mass is 16.2. The molecule has 1 aromatic heterocycles. The Hall–Kier alpha value is -1.81. The number of hydrogen-bond acceptors (Lipinski definition) is 2. The largest absolute Gasteiger partial charge is 0.361 e. The summed E-state index contributed by atoms with van der Waals surface area (Å²) >= 11 is 0. The Morgan fingerprint density at radius 3 is 2.86 bits per heavy atom. The molecule has 3 rings (SSSR count). The van der Waals surface area contributed by atoms with Crippen LogP contribution >= 0.6 is 0 Å². The fraction of sp³-hybridized carbons (Fsp3) is 0.471. The van der Waals surface area contributed by atoms with Crippen LogP contribution in [0.2, 0.25) is 0 Å². The number of benzene rings is 1. The minimum Gasteiger partial charge on any atom is -0.361 e. The number of H-pyrrole nitrogens is 1. The van der Waals surface area contributed by atoms with Crippen molar-refractivity contribution in [2.24, 2.45) is 11.7 Å². The number of hydrogen-bond donors (Lipinski definition) is 3. The van der Waals surface area contributed by atoms with Gasteiger partial charge in [0.15, 0.2) is 0 Å². The summed E-state index contributed by atoms with van der Waals surface area (Å²) < 4.78 is 0. The van der Waals surface area contributed by atoms with Crippen LogP contribution in [0.3, 0.4) is 0 Å². The van der Waals surface area contributed by atoms with Gasteiger partial charge in [-0.1, -0.05) is 18.2 Å². The van der Waals surface area contributed by atoms with Gasteiger partial charge < -0.3 is 16.0 Å². The Balaban J connectivity index is 1.68. The summed E-state index contributed by atoms with van der Waals surface area (Å²) in [5.41, 5.74) is 8.13. The second kappa shape index (κ2) is 5.19. The molecule has 112 valence electrons. The van der Waals surface area contributed by atoms with Gasteiger partial charge in [-0.25, -0.2) is 0 Å². The number of fused-ring (bicyclic) bond motifs is 1. The highest BCUT2D eigenvalue weighted by Crippen LogP contribution is 2.39. The van der Waals surface area contributed by atoms with Gasteiger partial charge in [-0.05, 0) is 50.7 Å². The molecule has 0 unspecified atom stereocenters. The summed E-state index contributed by atoms with van der Waals surface area (Å²) in [5.74, 6) is 0.541. The first kappa shape index (κ1) is 14.1. The Morgan fingerprint density at radius 1 is 1.43 bits per heavy atom. The minimum atomic E-state index is -0.512. The van der Waals surface area contributed by atoms with Crippen molar-refractivity contribution in [1.29, 1.82) is 0 Å².